The normalized spacial score (nSPS) is 10.6. The number of carbonyl (C=O) groups excluding carboxylic acids is 1. The van der Waals surface area contributed by atoms with E-state index < -0.39 is 0 Å². The lowest BCUT2D eigenvalue weighted by molar-refractivity contribution is -0.112. The van der Waals surface area contributed by atoms with Crippen LogP contribution in [0.15, 0.2) is 28.7 Å². The van der Waals surface area contributed by atoms with Crippen molar-refractivity contribution in [2.45, 2.75) is 6.92 Å². The number of rotatable bonds is 2. The van der Waals surface area contributed by atoms with E-state index in [0.29, 0.717) is 5.69 Å². The number of anilines is 1. The van der Waals surface area contributed by atoms with Gasteiger partial charge >= 0.3 is 0 Å². The monoisotopic (exact) mass is 239 g/mol. The van der Waals surface area contributed by atoms with Crippen LogP contribution in [-0.4, -0.2) is 5.78 Å². The molecule has 0 aromatic heterocycles. The molecule has 0 aliphatic carbocycles. The molecule has 0 aliphatic heterocycles. The topological polar surface area (TPSA) is 43.1 Å². The van der Waals surface area contributed by atoms with Crippen molar-refractivity contribution in [2.24, 2.45) is 0 Å². The second kappa shape index (κ2) is 4.23. The highest BCUT2D eigenvalue weighted by atomic mass is 79.9. The molecular weight excluding hydrogens is 230 g/mol. The van der Waals surface area contributed by atoms with Gasteiger partial charge in [-0.05, 0) is 36.8 Å². The highest BCUT2D eigenvalue weighted by Gasteiger charge is 1.95. The second-order valence-electron chi connectivity index (χ2n) is 2.72. The second-order valence-corrected chi connectivity index (χ2v) is 3.63. The zero-order chi connectivity index (χ0) is 9.84. The van der Waals surface area contributed by atoms with E-state index in [-0.39, 0.29) is 5.78 Å². The van der Waals surface area contributed by atoms with E-state index in [4.69, 9.17) is 5.73 Å². The summed E-state index contributed by atoms with van der Waals surface area (Å²) in [5.74, 6) is 0.0160. The Bertz CT molecular complexity index is 358. The first kappa shape index (κ1) is 9.99. The smallest absolute Gasteiger partial charge is 0.152 e. The van der Waals surface area contributed by atoms with Crippen LogP contribution >= 0.6 is 15.9 Å². The molecule has 0 saturated heterocycles. The Morgan fingerprint density at radius 3 is 2.77 bits per heavy atom. The Morgan fingerprint density at radius 1 is 1.54 bits per heavy atom. The van der Waals surface area contributed by atoms with Gasteiger partial charge < -0.3 is 5.73 Å². The molecule has 0 radical (unpaired) electrons. The molecule has 13 heavy (non-hydrogen) atoms. The molecule has 0 bridgehead atoms. The third-order valence-corrected chi connectivity index (χ3v) is 2.04. The summed E-state index contributed by atoms with van der Waals surface area (Å²) in [6.07, 6.45) is 3.21. The third kappa shape index (κ3) is 3.03. The molecule has 0 aliphatic rings. The van der Waals surface area contributed by atoms with Crippen molar-refractivity contribution in [1.82, 2.24) is 0 Å². The quantitative estimate of drug-likeness (QED) is 0.637. The zero-order valence-corrected chi connectivity index (χ0v) is 8.84. The van der Waals surface area contributed by atoms with E-state index in [2.05, 4.69) is 15.9 Å². The maximum Gasteiger partial charge on any atom is 0.152 e. The minimum absolute atomic E-state index is 0.0160. The largest absolute Gasteiger partial charge is 0.398 e. The number of hydrogen-bond donors (Lipinski definition) is 1. The van der Waals surface area contributed by atoms with Crippen LogP contribution in [0.4, 0.5) is 5.69 Å². The maximum absolute atomic E-state index is 10.7. The van der Waals surface area contributed by atoms with Gasteiger partial charge in [-0.25, -0.2) is 0 Å². The molecule has 1 aromatic rings. The molecule has 3 heteroatoms. The molecule has 0 saturated carbocycles. The Balaban J connectivity index is 2.96. The van der Waals surface area contributed by atoms with Gasteiger partial charge in [-0.2, -0.15) is 0 Å². The first-order valence-corrected chi connectivity index (χ1v) is 4.62. The van der Waals surface area contributed by atoms with Crippen molar-refractivity contribution in [2.75, 3.05) is 5.73 Å². The minimum Gasteiger partial charge on any atom is -0.398 e. The van der Waals surface area contributed by atoms with Gasteiger partial charge in [-0.15, -0.1) is 0 Å². The van der Waals surface area contributed by atoms with Crippen LogP contribution in [-0.2, 0) is 4.79 Å². The molecule has 1 aromatic carbocycles. The van der Waals surface area contributed by atoms with Crippen molar-refractivity contribution in [3.63, 3.8) is 0 Å². The Labute approximate surface area is 85.6 Å². The first-order chi connectivity index (χ1) is 6.09. The SMILES string of the molecule is CC(=O)/C=C/c1ccc(Br)cc1N. The molecule has 0 amide bonds. The van der Waals surface area contributed by atoms with Crippen LogP contribution in [0.25, 0.3) is 6.08 Å². The lowest BCUT2D eigenvalue weighted by Crippen LogP contribution is -1.89. The summed E-state index contributed by atoms with van der Waals surface area (Å²) in [6, 6.07) is 5.55. The number of carbonyl (C=O) groups is 1. The van der Waals surface area contributed by atoms with E-state index in [1.54, 1.807) is 12.1 Å². The Kier molecular flexibility index (Phi) is 3.25. The fourth-order valence-corrected chi connectivity index (χ4v) is 1.28. The van der Waals surface area contributed by atoms with Gasteiger partial charge in [0.1, 0.15) is 0 Å². The molecule has 0 unspecified atom stereocenters. The number of nitrogen functional groups attached to an aromatic ring is 1. The third-order valence-electron chi connectivity index (χ3n) is 1.55. The van der Waals surface area contributed by atoms with Crippen molar-refractivity contribution < 1.29 is 4.79 Å². The van der Waals surface area contributed by atoms with E-state index in [0.717, 1.165) is 10.0 Å². The van der Waals surface area contributed by atoms with Crippen molar-refractivity contribution in [1.29, 1.82) is 0 Å². The number of nitrogens with two attached hydrogens (primary N) is 1. The number of ketones is 1. The average molecular weight is 240 g/mol. The van der Waals surface area contributed by atoms with Crippen molar-refractivity contribution >= 4 is 33.5 Å². The molecule has 0 heterocycles. The fourth-order valence-electron chi connectivity index (χ4n) is 0.905. The van der Waals surface area contributed by atoms with Gasteiger partial charge in [-0.1, -0.05) is 22.0 Å². The number of hydrogen-bond acceptors (Lipinski definition) is 2. The van der Waals surface area contributed by atoms with E-state index in [9.17, 15) is 4.79 Å². The highest BCUT2D eigenvalue weighted by molar-refractivity contribution is 9.10. The van der Waals surface area contributed by atoms with E-state index >= 15 is 0 Å². The minimum atomic E-state index is 0.0160. The maximum atomic E-state index is 10.7. The van der Waals surface area contributed by atoms with Crippen LogP contribution in [0.5, 0.6) is 0 Å². The van der Waals surface area contributed by atoms with Gasteiger partial charge in [0.25, 0.3) is 0 Å². The van der Waals surface area contributed by atoms with Crippen molar-refractivity contribution in [3.8, 4) is 0 Å². The molecule has 2 N–H and O–H groups in total. The molecular formula is C10H10BrNO. The van der Waals surface area contributed by atoms with Crippen LogP contribution in [0.3, 0.4) is 0 Å². The highest BCUT2D eigenvalue weighted by Crippen LogP contribution is 2.19. The number of halogens is 1. The van der Waals surface area contributed by atoms with Gasteiger partial charge in [0.05, 0.1) is 0 Å². The standard InChI is InChI=1S/C10H10BrNO/c1-7(13)2-3-8-4-5-9(11)6-10(8)12/h2-6H,12H2,1H3/b3-2+. The molecule has 0 spiro atoms. The van der Waals surface area contributed by atoms with Gasteiger partial charge in [0, 0.05) is 10.2 Å². The number of benzene rings is 1. The zero-order valence-electron chi connectivity index (χ0n) is 7.25. The predicted molar refractivity (Wildman–Crippen MR) is 58.3 cm³/mol. The summed E-state index contributed by atoms with van der Waals surface area (Å²) in [5, 5.41) is 0. The molecule has 2 nitrogen and oxygen atoms in total. The first-order valence-electron chi connectivity index (χ1n) is 3.83. The summed E-state index contributed by atoms with van der Waals surface area (Å²) >= 11 is 3.31. The summed E-state index contributed by atoms with van der Waals surface area (Å²) in [4.78, 5) is 10.7. The molecule has 0 fully saturated rings. The van der Waals surface area contributed by atoms with Gasteiger partial charge in [0.2, 0.25) is 0 Å². The van der Waals surface area contributed by atoms with Crippen LogP contribution in [0.1, 0.15) is 12.5 Å². The van der Waals surface area contributed by atoms with Crippen LogP contribution in [0, 0.1) is 0 Å². The van der Waals surface area contributed by atoms with Gasteiger partial charge in [0.15, 0.2) is 5.78 Å². The summed E-state index contributed by atoms with van der Waals surface area (Å²) in [7, 11) is 0. The Hall–Kier alpha value is -1.09. The summed E-state index contributed by atoms with van der Waals surface area (Å²) < 4.78 is 0.935. The van der Waals surface area contributed by atoms with Gasteiger partial charge in [-0.3, -0.25) is 4.79 Å². The van der Waals surface area contributed by atoms with E-state index in [1.165, 1.54) is 13.0 Å². The summed E-state index contributed by atoms with van der Waals surface area (Å²) in [6.45, 7) is 1.51. The molecule has 68 valence electrons. The molecule has 1 rings (SSSR count). The number of allylic oxidation sites excluding steroid dienone is 1. The fraction of sp³-hybridized carbons (Fsp3) is 0.100. The van der Waals surface area contributed by atoms with E-state index in [1.807, 2.05) is 12.1 Å². The molecule has 0 atom stereocenters. The summed E-state index contributed by atoms with van der Waals surface area (Å²) in [5.41, 5.74) is 7.23. The lowest BCUT2D eigenvalue weighted by Gasteiger charge is -1.99. The lowest BCUT2D eigenvalue weighted by atomic mass is 10.1. The average Bonchev–Trinajstić information content (AvgIpc) is 2.02. The van der Waals surface area contributed by atoms with Crippen LogP contribution < -0.4 is 5.73 Å². The van der Waals surface area contributed by atoms with Crippen molar-refractivity contribution in [3.05, 3.63) is 34.3 Å². The Morgan fingerprint density at radius 2 is 2.23 bits per heavy atom. The predicted octanol–water partition coefficient (Wildman–Crippen LogP) is 2.63. The van der Waals surface area contributed by atoms with Crippen LogP contribution in [0.2, 0.25) is 0 Å².